The van der Waals surface area contributed by atoms with E-state index in [-0.39, 0.29) is 11.4 Å². The molecule has 0 spiro atoms. The van der Waals surface area contributed by atoms with Gasteiger partial charge in [-0.1, -0.05) is 0 Å². The Labute approximate surface area is 124 Å². The number of sulfonamides is 1. The molecule has 0 saturated carbocycles. The predicted molar refractivity (Wildman–Crippen MR) is 75.8 cm³/mol. The summed E-state index contributed by atoms with van der Waals surface area (Å²) in [6.07, 6.45) is 0.915. The molecule has 0 amide bonds. The topological polar surface area (TPSA) is 89.5 Å². The van der Waals surface area contributed by atoms with E-state index in [0.29, 0.717) is 0 Å². The van der Waals surface area contributed by atoms with Crippen LogP contribution in [0.15, 0.2) is 28.0 Å². The van der Waals surface area contributed by atoms with Crippen LogP contribution in [-0.4, -0.2) is 42.3 Å². The van der Waals surface area contributed by atoms with Crippen molar-refractivity contribution in [1.82, 2.24) is 4.72 Å². The van der Waals surface area contributed by atoms with Crippen molar-refractivity contribution >= 4 is 19.9 Å². The van der Waals surface area contributed by atoms with Gasteiger partial charge in [0, 0.05) is 19.9 Å². The number of halogens is 1. The molecule has 0 heterocycles. The summed E-state index contributed by atoms with van der Waals surface area (Å²) in [5, 5.41) is 0. The number of hydrogen-bond donors (Lipinski definition) is 1. The number of rotatable bonds is 6. The third kappa shape index (κ3) is 4.73. The molecule has 120 valence electrons. The lowest BCUT2D eigenvalue weighted by Crippen LogP contribution is -2.39. The molecule has 1 N–H and O–H groups in total. The van der Waals surface area contributed by atoms with Crippen molar-refractivity contribution in [2.45, 2.75) is 29.2 Å². The summed E-state index contributed by atoms with van der Waals surface area (Å²) in [6, 6.07) is 2.63. The van der Waals surface area contributed by atoms with Crippen LogP contribution in [0.4, 0.5) is 4.39 Å². The fraction of sp³-hybridized carbons (Fsp3) is 0.500. The lowest BCUT2D eigenvalue weighted by atomic mass is 10.1. The molecular weight excluding hydrogens is 321 g/mol. The summed E-state index contributed by atoms with van der Waals surface area (Å²) >= 11 is 0. The predicted octanol–water partition coefficient (Wildman–Crippen LogP) is 0.932. The smallest absolute Gasteiger partial charge is 0.243 e. The van der Waals surface area contributed by atoms with Gasteiger partial charge in [-0.15, -0.1) is 0 Å². The van der Waals surface area contributed by atoms with Crippen LogP contribution in [0.3, 0.4) is 0 Å². The number of nitrogens with one attached hydrogen (secondary N) is 1. The standard InChI is InChI=1S/C12H18FNO5S2/c1-12(2,19-3)8-14-21(17,18)11-7-9(20(4,15)16)5-6-10(11)13/h5-7,14H,8H2,1-4H3. The Morgan fingerprint density at radius 3 is 2.29 bits per heavy atom. The number of ether oxygens (including phenoxy) is 1. The van der Waals surface area contributed by atoms with Crippen LogP contribution in [-0.2, 0) is 24.6 Å². The number of methoxy groups -OCH3 is 1. The maximum absolute atomic E-state index is 13.7. The van der Waals surface area contributed by atoms with Gasteiger partial charge in [0.2, 0.25) is 10.0 Å². The highest BCUT2D eigenvalue weighted by Crippen LogP contribution is 2.20. The zero-order valence-corrected chi connectivity index (χ0v) is 13.8. The van der Waals surface area contributed by atoms with Crippen molar-refractivity contribution in [3.63, 3.8) is 0 Å². The van der Waals surface area contributed by atoms with E-state index in [1.165, 1.54) is 7.11 Å². The number of hydrogen-bond acceptors (Lipinski definition) is 5. The monoisotopic (exact) mass is 339 g/mol. The van der Waals surface area contributed by atoms with Gasteiger partial charge in [-0.25, -0.2) is 25.9 Å². The fourth-order valence-corrected chi connectivity index (χ4v) is 3.36. The summed E-state index contributed by atoms with van der Waals surface area (Å²) in [6.45, 7) is 3.21. The Morgan fingerprint density at radius 1 is 1.24 bits per heavy atom. The number of sulfone groups is 1. The van der Waals surface area contributed by atoms with Crippen molar-refractivity contribution in [1.29, 1.82) is 0 Å². The maximum Gasteiger partial charge on any atom is 0.243 e. The van der Waals surface area contributed by atoms with Gasteiger partial charge >= 0.3 is 0 Å². The highest BCUT2D eigenvalue weighted by Gasteiger charge is 2.25. The average Bonchev–Trinajstić information content (AvgIpc) is 2.35. The molecule has 9 heteroatoms. The van der Waals surface area contributed by atoms with Crippen molar-refractivity contribution in [2.75, 3.05) is 19.9 Å². The van der Waals surface area contributed by atoms with Gasteiger partial charge in [0.15, 0.2) is 9.84 Å². The minimum atomic E-state index is -4.19. The largest absolute Gasteiger partial charge is 0.377 e. The van der Waals surface area contributed by atoms with Gasteiger partial charge in [0.1, 0.15) is 10.7 Å². The van der Waals surface area contributed by atoms with Crippen LogP contribution in [0.2, 0.25) is 0 Å². The average molecular weight is 339 g/mol. The Morgan fingerprint density at radius 2 is 1.81 bits per heavy atom. The molecule has 0 aliphatic heterocycles. The molecule has 6 nitrogen and oxygen atoms in total. The molecular formula is C12H18FNO5S2. The van der Waals surface area contributed by atoms with Crippen LogP contribution in [0.1, 0.15) is 13.8 Å². The molecule has 0 bridgehead atoms. The Balaban J connectivity index is 3.20. The fourth-order valence-electron chi connectivity index (χ4n) is 1.34. The van der Waals surface area contributed by atoms with Crippen LogP contribution >= 0.6 is 0 Å². The van der Waals surface area contributed by atoms with Gasteiger partial charge < -0.3 is 4.74 Å². The van der Waals surface area contributed by atoms with Crippen LogP contribution in [0, 0.1) is 5.82 Å². The number of benzene rings is 1. The van der Waals surface area contributed by atoms with Crippen molar-refractivity contribution in [3.8, 4) is 0 Å². The van der Waals surface area contributed by atoms with E-state index in [0.717, 1.165) is 24.5 Å². The van der Waals surface area contributed by atoms with Crippen molar-refractivity contribution < 1.29 is 26.0 Å². The first kappa shape index (κ1) is 18.0. The molecule has 0 aliphatic carbocycles. The second-order valence-electron chi connectivity index (χ2n) is 5.15. The molecule has 0 unspecified atom stereocenters. The van der Waals surface area contributed by atoms with E-state index >= 15 is 0 Å². The summed E-state index contributed by atoms with van der Waals surface area (Å²) in [7, 11) is -6.40. The van der Waals surface area contributed by atoms with E-state index < -0.39 is 36.2 Å². The minimum absolute atomic E-state index is 0.0889. The molecule has 0 aliphatic rings. The Bertz CT molecular complexity index is 726. The van der Waals surface area contributed by atoms with E-state index in [1.54, 1.807) is 13.8 Å². The van der Waals surface area contributed by atoms with Gasteiger partial charge in [-0.3, -0.25) is 0 Å². The van der Waals surface area contributed by atoms with Crippen molar-refractivity contribution in [2.24, 2.45) is 0 Å². The van der Waals surface area contributed by atoms with Gasteiger partial charge in [-0.05, 0) is 32.0 Å². The van der Waals surface area contributed by atoms with Crippen LogP contribution < -0.4 is 4.72 Å². The lowest BCUT2D eigenvalue weighted by molar-refractivity contribution is 0.0276. The van der Waals surface area contributed by atoms with E-state index in [4.69, 9.17) is 4.74 Å². The molecule has 1 rings (SSSR count). The molecule has 1 aromatic carbocycles. The second-order valence-corrected chi connectivity index (χ2v) is 8.90. The normalized spacial score (nSPS) is 13.4. The van der Waals surface area contributed by atoms with E-state index in [1.807, 2.05) is 0 Å². The summed E-state index contributed by atoms with van der Waals surface area (Å²) in [5.41, 5.74) is -0.780. The highest BCUT2D eigenvalue weighted by atomic mass is 32.2. The van der Waals surface area contributed by atoms with Crippen LogP contribution in [0.25, 0.3) is 0 Å². The molecule has 0 aromatic heterocycles. The summed E-state index contributed by atoms with van der Waals surface area (Å²) < 4.78 is 68.0. The van der Waals surface area contributed by atoms with E-state index in [9.17, 15) is 21.2 Å². The van der Waals surface area contributed by atoms with Gasteiger partial charge in [-0.2, -0.15) is 0 Å². The molecule has 1 aromatic rings. The molecule has 0 saturated heterocycles. The quantitative estimate of drug-likeness (QED) is 0.779. The molecule has 0 atom stereocenters. The van der Waals surface area contributed by atoms with Gasteiger partial charge in [0.05, 0.1) is 10.5 Å². The Kier molecular flexibility index (Phi) is 5.14. The molecule has 0 radical (unpaired) electrons. The first-order valence-electron chi connectivity index (χ1n) is 5.93. The zero-order chi connectivity index (χ0) is 16.5. The SMILES string of the molecule is COC(C)(C)CNS(=O)(=O)c1cc(S(C)(=O)=O)ccc1F. The third-order valence-corrected chi connectivity index (χ3v) is 5.39. The third-order valence-electron chi connectivity index (χ3n) is 2.86. The molecule has 0 fully saturated rings. The lowest BCUT2D eigenvalue weighted by Gasteiger charge is -2.23. The van der Waals surface area contributed by atoms with Gasteiger partial charge in [0.25, 0.3) is 0 Å². The highest BCUT2D eigenvalue weighted by molar-refractivity contribution is 7.91. The summed E-state index contributed by atoms with van der Waals surface area (Å²) in [4.78, 5) is -0.979. The van der Waals surface area contributed by atoms with Crippen LogP contribution in [0.5, 0.6) is 0 Å². The first-order chi connectivity index (χ1) is 9.39. The molecule has 21 heavy (non-hydrogen) atoms. The maximum atomic E-state index is 13.7. The first-order valence-corrected chi connectivity index (χ1v) is 9.31. The second kappa shape index (κ2) is 5.99. The Hall–Kier alpha value is -1.03. The summed E-state index contributed by atoms with van der Waals surface area (Å²) in [5.74, 6) is -1.02. The zero-order valence-electron chi connectivity index (χ0n) is 12.2. The van der Waals surface area contributed by atoms with Crippen molar-refractivity contribution in [3.05, 3.63) is 24.0 Å². The minimum Gasteiger partial charge on any atom is -0.377 e. The van der Waals surface area contributed by atoms with E-state index in [2.05, 4.69) is 4.72 Å².